The minimum atomic E-state index is -1.94. The Morgan fingerprint density at radius 2 is 0.907 bits per heavy atom. The van der Waals surface area contributed by atoms with Gasteiger partial charge in [0.1, 0.15) is 0 Å². The third-order valence-electron chi connectivity index (χ3n) is 10.3. The summed E-state index contributed by atoms with van der Waals surface area (Å²) >= 11 is 0. The average molecular weight is 747 g/mol. The van der Waals surface area contributed by atoms with Crippen molar-refractivity contribution < 1.29 is 68.6 Å². The smallest absolute Gasteiger partial charge is 0.338 e. The molecule has 4 aromatic carbocycles. The van der Waals surface area contributed by atoms with Gasteiger partial charge in [-0.1, -0.05) is 12.1 Å². The number of esters is 2. The number of hydrogen-bond donors (Lipinski definition) is 6. The number of ether oxygens (including phenoxy) is 6. The second-order valence-corrected chi connectivity index (χ2v) is 13.6. The second kappa shape index (κ2) is 14.9. The Morgan fingerprint density at radius 3 is 1.26 bits per heavy atom. The van der Waals surface area contributed by atoms with E-state index in [-0.39, 0.29) is 96.0 Å². The fourth-order valence-corrected chi connectivity index (χ4v) is 7.24. The summed E-state index contributed by atoms with van der Waals surface area (Å²) in [6.07, 6.45) is -0.0743. The molecule has 4 atom stereocenters. The molecule has 0 bridgehead atoms. The highest BCUT2D eigenvalue weighted by molar-refractivity contribution is 5.84. The number of benzene rings is 4. The summed E-state index contributed by atoms with van der Waals surface area (Å²) in [5, 5.41) is 66.3. The molecule has 0 aromatic heterocycles. The largest absolute Gasteiger partial charge is 0.504 e. The third kappa shape index (κ3) is 6.97. The maximum Gasteiger partial charge on any atom is 0.338 e. The lowest BCUT2D eigenvalue weighted by Crippen LogP contribution is -2.44. The fraction of sp³-hybridized carbons (Fsp3) is 0.350. The quantitative estimate of drug-likeness (QED) is 0.108. The van der Waals surface area contributed by atoms with Crippen molar-refractivity contribution >= 4 is 11.9 Å². The number of carbonyl (C=O) groups is 2. The van der Waals surface area contributed by atoms with E-state index in [1.54, 1.807) is 36.4 Å². The lowest BCUT2D eigenvalue weighted by molar-refractivity contribution is -0.154. The van der Waals surface area contributed by atoms with Gasteiger partial charge in [0.05, 0.1) is 41.7 Å². The van der Waals surface area contributed by atoms with Gasteiger partial charge < -0.3 is 59.1 Å². The monoisotopic (exact) mass is 746 g/mol. The van der Waals surface area contributed by atoms with Crippen LogP contribution in [0.1, 0.15) is 22.3 Å². The molecule has 6 N–H and O–H groups in total. The number of aliphatic hydroxyl groups is 2. The molecule has 6 rings (SSSR count). The molecule has 0 amide bonds. The van der Waals surface area contributed by atoms with Crippen molar-refractivity contribution in [2.24, 2.45) is 11.8 Å². The zero-order valence-corrected chi connectivity index (χ0v) is 30.1. The van der Waals surface area contributed by atoms with Crippen molar-refractivity contribution in [1.29, 1.82) is 0 Å². The SMILES string of the molecule is COc1cc(C[C@@]2(O)C(=O)OC[C@H]2Cc2cc(OC)c(O)c(-c3cc(C[C@@H]4COC(=O)[C@]4(O)Cc4ccc(O)c(OC)c4)cc(OC)c3O)c2)ccc1O. The van der Waals surface area contributed by atoms with Crippen LogP contribution in [0.25, 0.3) is 11.1 Å². The molecular weight excluding hydrogens is 704 g/mol. The summed E-state index contributed by atoms with van der Waals surface area (Å²) in [5.74, 6) is -3.44. The summed E-state index contributed by atoms with van der Waals surface area (Å²) in [6, 6.07) is 15.3. The molecule has 0 spiro atoms. The van der Waals surface area contributed by atoms with Gasteiger partial charge in [0.15, 0.2) is 57.2 Å². The first-order valence-electron chi connectivity index (χ1n) is 17.1. The Hall–Kier alpha value is -5.86. The number of aromatic hydroxyl groups is 4. The summed E-state index contributed by atoms with van der Waals surface area (Å²) in [4.78, 5) is 25.9. The standard InChI is InChI=1S/C40H42O14/c1-49-31-13-21(5-7-29(31)41)17-39(47)25(19-53-37(39)45)9-23-11-27(35(43)33(15-23)51-3)28-12-24(16-34(52-4)36(28)44)10-26-20-54-38(46)40(26,48)18-22-6-8-30(42)32(14-22)50-2/h5-8,11-16,25-26,41-44,47-48H,9-10,17-20H2,1-4H3/t25-,26-,39+,40+/m1/s1. The van der Waals surface area contributed by atoms with Gasteiger partial charge in [0.25, 0.3) is 0 Å². The van der Waals surface area contributed by atoms with Crippen LogP contribution in [0.4, 0.5) is 0 Å². The Labute approximate surface area is 310 Å². The van der Waals surface area contributed by atoms with E-state index >= 15 is 0 Å². The van der Waals surface area contributed by atoms with Gasteiger partial charge in [-0.15, -0.1) is 0 Å². The van der Waals surface area contributed by atoms with Gasteiger partial charge in [-0.05, 0) is 83.6 Å². The van der Waals surface area contributed by atoms with E-state index < -0.39 is 35.0 Å². The number of phenolic OH excluding ortho intramolecular Hbond substituents is 4. The average Bonchev–Trinajstić information content (AvgIpc) is 3.58. The zero-order chi connectivity index (χ0) is 38.9. The molecule has 54 heavy (non-hydrogen) atoms. The predicted molar refractivity (Wildman–Crippen MR) is 191 cm³/mol. The normalized spacial score (nSPS) is 22.1. The lowest BCUT2D eigenvalue weighted by atomic mass is 9.80. The van der Waals surface area contributed by atoms with Crippen LogP contribution in [0.2, 0.25) is 0 Å². The molecule has 286 valence electrons. The number of phenols is 4. The van der Waals surface area contributed by atoms with Crippen molar-refractivity contribution in [3.63, 3.8) is 0 Å². The van der Waals surface area contributed by atoms with Gasteiger partial charge in [-0.2, -0.15) is 0 Å². The van der Waals surface area contributed by atoms with Crippen molar-refractivity contribution in [2.45, 2.75) is 36.9 Å². The van der Waals surface area contributed by atoms with Crippen LogP contribution in [-0.2, 0) is 44.7 Å². The number of carbonyl (C=O) groups excluding carboxylic acids is 2. The molecule has 0 radical (unpaired) electrons. The minimum absolute atomic E-state index is 0.0526. The molecule has 14 nitrogen and oxygen atoms in total. The molecule has 2 aliphatic heterocycles. The molecule has 0 saturated carbocycles. The summed E-state index contributed by atoms with van der Waals surface area (Å²) < 4.78 is 32.0. The van der Waals surface area contributed by atoms with Crippen LogP contribution in [0.3, 0.4) is 0 Å². The zero-order valence-electron chi connectivity index (χ0n) is 30.1. The first-order chi connectivity index (χ1) is 25.7. The molecular formula is C40H42O14. The van der Waals surface area contributed by atoms with Crippen molar-refractivity contribution in [3.8, 4) is 57.1 Å². The first kappa shape index (κ1) is 37.9. The van der Waals surface area contributed by atoms with E-state index in [1.807, 2.05) is 0 Å². The fourth-order valence-electron chi connectivity index (χ4n) is 7.24. The summed E-state index contributed by atoms with van der Waals surface area (Å²) in [6.45, 7) is -0.195. The van der Waals surface area contributed by atoms with Crippen LogP contribution in [0.5, 0.6) is 46.0 Å². The summed E-state index contributed by atoms with van der Waals surface area (Å²) in [7, 11) is 5.50. The number of cyclic esters (lactones) is 2. The van der Waals surface area contributed by atoms with Gasteiger partial charge in [0.2, 0.25) is 0 Å². The van der Waals surface area contributed by atoms with E-state index in [9.17, 15) is 40.2 Å². The second-order valence-electron chi connectivity index (χ2n) is 13.6. The van der Waals surface area contributed by atoms with Crippen LogP contribution >= 0.6 is 0 Å². The number of hydrogen-bond acceptors (Lipinski definition) is 14. The minimum Gasteiger partial charge on any atom is -0.504 e. The molecule has 0 unspecified atom stereocenters. The molecule has 2 heterocycles. The van der Waals surface area contributed by atoms with E-state index in [0.717, 1.165) is 0 Å². The molecule has 2 saturated heterocycles. The highest BCUT2D eigenvalue weighted by Gasteiger charge is 2.52. The molecule has 14 heteroatoms. The highest BCUT2D eigenvalue weighted by Crippen LogP contribution is 2.47. The third-order valence-corrected chi connectivity index (χ3v) is 10.3. The van der Waals surface area contributed by atoms with Gasteiger partial charge in [-0.3, -0.25) is 0 Å². The van der Waals surface area contributed by atoms with E-state index in [1.165, 1.54) is 52.7 Å². The Bertz CT molecular complexity index is 1930. The summed E-state index contributed by atoms with van der Waals surface area (Å²) in [5.41, 5.74) is -1.49. The predicted octanol–water partition coefficient (Wildman–Crippen LogP) is 3.59. The van der Waals surface area contributed by atoms with Crippen molar-refractivity contribution in [2.75, 3.05) is 41.7 Å². The highest BCUT2D eigenvalue weighted by atomic mass is 16.6. The first-order valence-corrected chi connectivity index (χ1v) is 17.1. The van der Waals surface area contributed by atoms with Crippen LogP contribution in [0, 0.1) is 11.8 Å². The maximum absolute atomic E-state index is 13.0. The Morgan fingerprint density at radius 1 is 0.556 bits per heavy atom. The van der Waals surface area contributed by atoms with E-state index in [0.29, 0.717) is 22.3 Å². The molecule has 2 aliphatic rings. The van der Waals surface area contributed by atoms with Gasteiger partial charge >= 0.3 is 11.9 Å². The Kier molecular flexibility index (Phi) is 10.4. The van der Waals surface area contributed by atoms with Gasteiger partial charge in [-0.25, -0.2) is 9.59 Å². The van der Waals surface area contributed by atoms with E-state index in [4.69, 9.17) is 28.4 Å². The van der Waals surface area contributed by atoms with Crippen LogP contribution in [-0.4, -0.2) is 95.4 Å². The number of rotatable bonds is 13. The Balaban J connectivity index is 1.33. The van der Waals surface area contributed by atoms with Crippen molar-refractivity contribution in [1.82, 2.24) is 0 Å². The molecule has 0 aliphatic carbocycles. The van der Waals surface area contributed by atoms with Gasteiger partial charge in [0, 0.05) is 35.8 Å². The van der Waals surface area contributed by atoms with Crippen LogP contribution < -0.4 is 18.9 Å². The number of methoxy groups -OCH3 is 4. The lowest BCUT2D eigenvalue weighted by Gasteiger charge is -2.26. The maximum atomic E-state index is 13.0. The van der Waals surface area contributed by atoms with E-state index in [2.05, 4.69) is 0 Å². The molecule has 4 aromatic rings. The van der Waals surface area contributed by atoms with Crippen molar-refractivity contribution in [3.05, 3.63) is 82.9 Å². The van der Waals surface area contributed by atoms with Crippen LogP contribution in [0.15, 0.2) is 60.7 Å². The topological polar surface area (TPSA) is 211 Å². The molecule has 2 fully saturated rings.